The summed E-state index contributed by atoms with van der Waals surface area (Å²) in [7, 11) is 1.37. The lowest BCUT2D eigenvalue weighted by Crippen LogP contribution is -2.59. The van der Waals surface area contributed by atoms with Crippen LogP contribution in [0.3, 0.4) is 0 Å². The molecule has 0 saturated carbocycles. The lowest BCUT2D eigenvalue weighted by molar-refractivity contribution is -0.126. The SMILES string of the molecule is COC(=O)N1CCC[C@@]1(C(=O)Nc1ccc(CN(Cc2ccc3nc([C@@H]4CCCN4)[nH]c3c2)c2ccc(F)cc2)cc1)C1c2ccccc2-c2ccccc21. The van der Waals surface area contributed by atoms with E-state index < -0.39 is 11.6 Å². The zero-order chi connectivity index (χ0) is 37.5. The largest absolute Gasteiger partial charge is 0.453 e. The Labute approximate surface area is 319 Å². The fourth-order valence-electron chi connectivity index (χ4n) is 9.06. The lowest BCUT2D eigenvalue weighted by Gasteiger charge is -2.41. The van der Waals surface area contributed by atoms with Crippen LogP contribution in [0.2, 0.25) is 0 Å². The number of nitrogens with zero attached hydrogens (tertiary/aromatic N) is 3. The van der Waals surface area contributed by atoms with E-state index in [2.05, 4.69) is 63.0 Å². The summed E-state index contributed by atoms with van der Waals surface area (Å²) in [5.41, 5.74) is 8.61. The quantitative estimate of drug-likeness (QED) is 0.137. The Bertz CT molecular complexity index is 2330. The molecule has 3 aliphatic rings. The Balaban J connectivity index is 0.985. The number of ether oxygens (including phenoxy) is 1. The first-order valence-corrected chi connectivity index (χ1v) is 19.1. The molecule has 278 valence electrons. The predicted octanol–water partition coefficient (Wildman–Crippen LogP) is 8.69. The Hall–Kier alpha value is -6.00. The van der Waals surface area contributed by atoms with Crippen molar-refractivity contribution in [1.29, 1.82) is 0 Å². The topological polar surface area (TPSA) is 103 Å². The smallest absolute Gasteiger partial charge is 0.410 e. The van der Waals surface area contributed by atoms with Crippen LogP contribution in [-0.2, 0) is 22.6 Å². The van der Waals surface area contributed by atoms with Crippen molar-refractivity contribution in [3.8, 4) is 11.1 Å². The summed E-state index contributed by atoms with van der Waals surface area (Å²) in [5, 5.41) is 6.73. The van der Waals surface area contributed by atoms with E-state index in [-0.39, 0.29) is 23.7 Å². The van der Waals surface area contributed by atoms with E-state index in [1.807, 2.05) is 48.5 Å². The highest BCUT2D eigenvalue weighted by Crippen LogP contribution is 2.54. The molecule has 1 aliphatic carbocycles. The normalized spacial score (nSPS) is 19.0. The number of amides is 2. The molecule has 0 radical (unpaired) electrons. The van der Waals surface area contributed by atoms with Crippen LogP contribution < -0.4 is 15.5 Å². The molecule has 2 fully saturated rings. The third-order valence-corrected chi connectivity index (χ3v) is 11.6. The van der Waals surface area contributed by atoms with Gasteiger partial charge < -0.3 is 25.3 Å². The third kappa shape index (κ3) is 6.30. The van der Waals surface area contributed by atoms with Gasteiger partial charge in [-0.1, -0.05) is 66.7 Å². The van der Waals surface area contributed by atoms with Gasteiger partial charge in [-0.05, 0) is 114 Å². The standard InChI is InChI=1S/C45H43FN6O3/c1-55-44(54)52-25-7-23-45(52,41-36-10-4-2-8-34(36)35-9-3-5-11-37(35)41)43(53)48-32-18-13-29(14-19-32)27-51(33-20-16-31(46)17-21-33)28-30-15-22-38-40(26-30)50-42(49-38)39-12-6-24-47-39/h2-5,8-11,13-22,26,39,41,47H,6-7,12,23-25,27-28H2,1H3,(H,48,53)(H,49,50)/t39-,45-/m0/s1. The van der Waals surface area contributed by atoms with Crippen molar-refractivity contribution in [2.24, 2.45) is 0 Å². The van der Waals surface area contributed by atoms with Gasteiger partial charge in [-0.25, -0.2) is 14.2 Å². The average Bonchev–Trinajstić information content (AvgIpc) is 4.04. The molecular formula is C45H43FN6O3. The number of carbonyl (C=O) groups excluding carboxylic acids is 2. The molecule has 0 bridgehead atoms. The number of carbonyl (C=O) groups is 2. The molecule has 55 heavy (non-hydrogen) atoms. The molecular weight excluding hydrogens is 692 g/mol. The molecule has 9 nitrogen and oxygen atoms in total. The molecule has 2 aliphatic heterocycles. The highest BCUT2D eigenvalue weighted by atomic mass is 19.1. The molecule has 3 N–H and O–H groups in total. The first kappa shape index (κ1) is 34.7. The van der Waals surface area contributed by atoms with Gasteiger partial charge >= 0.3 is 6.09 Å². The van der Waals surface area contributed by atoms with Crippen molar-refractivity contribution in [3.63, 3.8) is 0 Å². The summed E-state index contributed by atoms with van der Waals surface area (Å²) in [6.07, 6.45) is 2.88. The maximum Gasteiger partial charge on any atom is 0.410 e. The van der Waals surface area contributed by atoms with Gasteiger partial charge in [0.25, 0.3) is 5.91 Å². The number of hydrogen-bond acceptors (Lipinski definition) is 6. The zero-order valence-corrected chi connectivity index (χ0v) is 30.7. The summed E-state index contributed by atoms with van der Waals surface area (Å²) in [6, 6.07) is 37.3. The zero-order valence-electron chi connectivity index (χ0n) is 30.7. The second kappa shape index (κ2) is 14.3. The fraction of sp³-hybridized carbons (Fsp3) is 0.267. The number of aromatic amines is 1. The maximum absolute atomic E-state index is 14.8. The first-order chi connectivity index (χ1) is 26.9. The van der Waals surface area contributed by atoms with Crippen molar-refractivity contribution in [1.82, 2.24) is 20.2 Å². The molecule has 2 amide bonds. The highest BCUT2D eigenvalue weighted by molar-refractivity contribution is 6.03. The van der Waals surface area contributed by atoms with E-state index in [0.717, 1.165) is 75.3 Å². The van der Waals surface area contributed by atoms with Gasteiger partial charge in [0.05, 0.1) is 24.2 Å². The van der Waals surface area contributed by atoms with E-state index in [0.29, 0.717) is 38.2 Å². The number of imidazole rings is 1. The molecule has 2 atom stereocenters. The van der Waals surface area contributed by atoms with Crippen LogP contribution in [0.4, 0.5) is 20.6 Å². The second-order valence-electron chi connectivity index (χ2n) is 14.9. The molecule has 0 spiro atoms. The summed E-state index contributed by atoms with van der Waals surface area (Å²) in [4.78, 5) is 40.4. The van der Waals surface area contributed by atoms with Crippen LogP contribution in [0.15, 0.2) is 115 Å². The molecule has 2 saturated heterocycles. The summed E-state index contributed by atoms with van der Waals surface area (Å²) in [6.45, 7) is 2.57. The number of H-pyrrole nitrogens is 1. The van der Waals surface area contributed by atoms with Crippen LogP contribution in [-0.4, -0.2) is 52.6 Å². The van der Waals surface area contributed by atoms with E-state index >= 15 is 0 Å². The summed E-state index contributed by atoms with van der Waals surface area (Å²) < 4.78 is 19.3. The number of hydrogen-bond donors (Lipinski definition) is 3. The molecule has 10 heteroatoms. The van der Waals surface area contributed by atoms with E-state index in [1.165, 1.54) is 19.2 Å². The Morgan fingerprint density at radius 1 is 0.891 bits per heavy atom. The maximum atomic E-state index is 14.8. The predicted molar refractivity (Wildman–Crippen MR) is 212 cm³/mol. The highest BCUT2D eigenvalue weighted by Gasteiger charge is 2.58. The number of nitrogens with one attached hydrogen (secondary N) is 3. The minimum atomic E-state index is -1.20. The fourth-order valence-corrected chi connectivity index (χ4v) is 9.06. The van der Waals surface area contributed by atoms with Gasteiger partial charge in [-0.15, -0.1) is 0 Å². The number of aromatic nitrogens is 2. The minimum absolute atomic E-state index is 0.242. The van der Waals surface area contributed by atoms with Gasteiger partial charge in [0.1, 0.15) is 17.2 Å². The molecule has 9 rings (SSSR count). The van der Waals surface area contributed by atoms with Gasteiger partial charge in [0.2, 0.25) is 0 Å². The summed E-state index contributed by atoms with van der Waals surface area (Å²) >= 11 is 0. The van der Waals surface area contributed by atoms with Crippen molar-refractivity contribution in [2.75, 3.05) is 30.4 Å². The van der Waals surface area contributed by atoms with Gasteiger partial charge in [0, 0.05) is 36.9 Å². The monoisotopic (exact) mass is 734 g/mol. The van der Waals surface area contributed by atoms with Gasteiger partial charge in [-0.3, -0.25) is 9.69 Å². The number of methoxy groups -OCH3 is 1. The lowest BCUT2D eigenvalue weighted by atomic mass is 9.75. The number of rotatable bonds is 9. The third-order valence-electron chi connectivity index (χ3n) is 11.6. The van der Waals surface area contributed by atoms with Crippen LogP contribution in [0, 0.1) is 5.82 Å². The molecule has 3 heterocycles. The van der Waals surface area contributed by atoms with Crippen LogP contribution in [0.5, 0.6) is 0 Å². The van der Waals surface area contributed by atoms with Crippen LogP contribution in [0.25, 0.3) is 22.2 Å². The second-order valence-corrected chi connectivity index (χ2v) is 14.9. The molecule has 6 aromatic rings. The van der Waals surface area contributed by atoms with Gasteiger partial charge in [-0.2, -0.15) is 0 Å². The van der Waals surface area contributed by atoms with Crippen molar-refractivity contribution in [3.05, 3.63) is 149 Å². The molecule has 0 unspecified atom stereocenters. The molecule has 5 aromatic carbocycles. The Kier molecular flexibility index (Phi) is 9.06. The Morgan fingerprint density at radius 3 is 2.27 bits per heavy atom. The first-order valence-electron chi connectivity index (χ1n) is 19.1. The minimum Gasteiger partial charge on any atom is -0.453 e. The van der Waals surface area contributed by atoms with Crippen molar-refractivity contribution in [2.45, 2.75) is 56.3 Å². The number of fused-ring (bicyclic) bond motifs is 4. The van der Waals surface area contributed by atoms with Crippen molar-refractivity contribution < 1.29 is 18.7 Å². The van der Waals surface area contributed by atoms with Gasteiger partial charge in [0.15, 0.2) is 0 Å². The van der Waals surface area contributed by atoms with E-state index in [1.54, 1.807) is 17.0 Å². The van der Waals surface area contributed by atoms with E-state index in [4.69, 9.17) is 9.72 Å². The van der Waals surface area contributed by atoms with E-state index in [9.17, 15) is 14.0 Å². The average molecular weight is 735 g/mol. The number of likely N-dealkylation sites (tertiary alicyclic amines) is 1. The van der Waals surface area contributed by atoms with Crippen LogP contribution in [0.1, 0.15) is 65.7 Å². The van der Waals surface area contributed by atoms with Crippen LogP contribution >= 0.6 is 0 Å². The van der Waals surface area contributed by atoms with Crippen molar-refractivity contribution >= 4 is 34.4 Å². The number of halogens is 1. The summed E-state index contributed by atoms with van der Waals surface area (Å²) in [5.74, 6) is 0.0821. The Morgan fingerprint density at radius 2 is 1.58 bits per heavy atom. The molecule has 1 aromatic heterocycles. The number of anilines is 2. The number of benzene rings is 5.